The quantitative estimate of drug-likeness (QED) is 0.921. The maximum Gasteiger partial charge on any atom is 0.340 e. The summed E-state index contributed by atoms with van der Waals surface area (Å²) in [4.78, 5) is 12.8. The molecule has 0 radical (unpaired) electrons. The summed E-state index contributed by atoms with van der Waals surface area (Å²) in [7, 11) is 1.69. The van der Waals surface area contributed by atoms with E-state index in [0.717, 1.165) is 11.8 Å². The van der Waals surface area contributed by atoms with Crippen LogP contribution in [0.4, 0.5) is 10.1 Å². The number of hydrogen-bond donors (Lipinski definition) is 1. The molecule has 0 saturated heterocycles. The Balaban J connectivity index is 2.31. The van der Waals surface area contributed by atoms with Crippen LogP contribution in [0.25, 0.3) is 0 Å². The molecule has 0 atom stereocenters. The van der Waals surface area contributed by atoms with Gasteiger partial charge in [0.15, 0.2) is 0 Å². The van der Waals surface area contributed by atoms with E-state index in [1.54, 1.807) is 18.0 Å². The Morgan fingerprint density at radius 2 is 2.11 bits per heavy atom. The third-order valence-electron chi connectivity index (χ3n) is 2.81. The number of furan rings is 1. The van der Waals surface area contributed by atoms with Crippen LogP contribution in [0.1, 0.15) is 21.9 Å². The van der Waals surface area contributed by atoms with Crippen molar-refractivity contribution in [1.29, 1.82) is 0 Å². The Morgan fingerprint density at radius 3 is 2.68 bits per heavy atom. The van der Waals surface area contributed by atoms with E-state index in [1.807, 2.05) is 19.1 Å². The van der Waals surface area contributed by atoms with Gasteiger partial charge in [0.1, 0.15) is 22.9 Å². The van der Waals surface area contributed by atoms with Gasteiger partial charge >= 0.3 is 5.97 Å². The first-order chi connectivity index (χ1) is 8.99. The fraction of sp³-hybridized carbons (Fsp3) is 0.214. The number of aromatic carboxylic acids is 1. The molecule has 1 aromatic heterocycles. The van der Waals surface area contributed by atoms with Gasteiger partial charge in [0.2, 0.25) is 0 Å². The zero-order valence-corrected chi connectivity index (χ0v) is 10.7. The Labute approximate surface area is 110 Å². The molecule has 0 spiro atoms. The van der Waals surface area contributed by atoms with Crippen molar-refractivity contribution in [2.45, 2.75) is 13.5 Å². The van der Waals surface area contributed by atoms with Crippen LogP contribution in [0.5, 0.6) is 0 Å². The summed E-state index contributed by atoms with van der Waals surface area (Å²) in [6.45, 7) is 2.20. The number of hydrogen-bond acceptors (Lipinski definition) is 3. The van der Waals surface area contributed by atoms with Crippen LogP contribution in [0.2, 0.25) is 0 Å². The van der Waals surface area contributed by atoms with E-state index in [0.29, 0.717) is 18.0 Å². The van der Waals surface area contributed by atoms with Gasteiger partial charge in [-0.05, 0) is 31.2 Å². The molecule has 0 fully saturated rings. The first kappa shape index (κ1) is 13.1. The van der Waals surface area contributed by atoms with Crippen LogP contribution in [-0.2, 0) is 6.54 Å². The molecule has 0 amide bonds. The molecule has 1 N–H and O–H groups in total. The van der Waals surface area contributed by atoms with Gasteiger partial charge in [-0.25, -0.2) is 9.18 Å². The lowest BCUT2D eigenvalue weighted by Crippen LogP contribution is -2.20. The van der Waals surface area contributed by atoms with E-state index < -0.39 is 11.8 Å². The number of halogens is 1. The molecule has 0 unspecified atom stereocenters. The van der Waals surface area contributed by atoms with Crippen LogP contribution < -0.4 is 4.90 Å². The molecule has 0 bridgehead atoms. The Morgan fingerprint density at radius 1 is 1.37 bits per heavy atom. The van der Waals surface area contributed by atoms with Crippen LogP contribution in [0.3, 0.4) is 0 Å². The van der Waals surface area contributed by atoms with Gasteiger partial charge in [-0.2, -0.15) is 0 Å². The monoisotopic (exact) mass is 263 g/mol. The molecule has 2 rings (SSSR count). The summed E-state index contributed by atoms with van der Waals surface area (Å²) in [6.07, 6.45) is 0. The SMILES string of the molecule is Cc1ccc(CN(C)c2cccc(F)c2C(=O)O)o1. The molecule has 0 aliphatic heterocycles. The first-order valence-corrected chi connectivity index (χ1v) is 5.77. The molecule has 1 heterocycles. The van der Waals surface area contributed by atoms with E-state index in [2.05, 4.69) is 0 Å². The van der Waals surface area contributed by atoms with Crippen molar-refractivity contribution in [3.8, 4) is 0 Å². The van der Waals surface area contributed by atoms with Crippen molar-refractivity contribution >= 4 is 11.7 Å². The van der Waals surface area contributed by atoms with Gasteiger partial charge in [0.05, 0.1) is 12.2 Å². The zero-order chi connectivity index (χ0) is 14.0. The number of carboxylic acids is 1. The maximum atomic E-state index is 13.6. The van der Waals surface area contributed by atoms with Gasteiger partial charge in [-0.1, -0.05) is 6.07 Å². The van der Waals surface area contributed by atoms with E-state index >= 15 is 0 Å². The second-order valence-electron chi connectivity index (χ2n) is 4.31. The minimum absolute atomic E-state index is 0.321. The van der Waals surface area contributed by atoms with E-state index in [4.69, 9.17) is 9.52 Å². The van der Waals surface area contributed by atoms with Crippen molar-refractivity contribution < 1.29 is 18.7 Å². The molecule has 5 heteroatoms. The molecule has 1 aromatic carbocycles. The van der Waals surface area contributed by atoms with Gasteiger partial charge < -0.3 is 14.4 Å². The van der Waals surface area contributed by atoms with Crippen molar-refractivity contribution in [1.82, 2.24) is 0 Å². The van der Waals surface area contributed by atoms with Crippen molar-refractivity contribution in [3.05, 3.63) is 53.2 Å². The Hall–Kier alpha value is -2.30. The predicted molar refractivity (Wildman–Crippen MR) is 68.9 cm³/mol. The van der Waals surface area contributed by atoms with Gasteiger partial charge in [0.25, 0.3) is 0 Å². The summed E-state index contributed by atoms with van der Waals surface area (Å²) < 4.78 is 19.0. The van der Waals surface area contributed by atoms with E-state index in [-0.39, 0.29) is 5.56 Å². The molecule has 0 aliphatic carbocycles. The minimum Gasteiger partial charge on any atom is -0.478 e. The van der Waals surface area contributed by atoms with E-state index in [1.165, 1.54) is 6.07 Å². The predicted octanol–water partition coefficient (Wildman–Crippen LogP) is 3.06. The molecule has 19 heavy (non-hydrogen) atoms. The standard InChI is InChI=1S/C14H14FNO3/c1-9-6-7-10(19-9)8-16(2)12-5-3-4-11(15)13(12)14(17)18/h3-7H,8H2,1-2H3,(H,17,18). The fourth-order valence-electron chi connectivity index (χ4n) is 1.93. The highest BCUT2D eigenvalue weighted by Gasteiger charge is 2.18. The molecule has 0 saturated carbocycles. The fourth-order valence-corrected chi connectivity index (χ4v) is 1.93. The molecule has 0 aliphatic rings. The van der Waals surface area contributed by atoms with Crippen molar-refractivity contribution in [2.24, 2.45) is 0 Å². The highest BCUT2D eigenvalue weighted by atomic mass is 19.1. The lowest BCUT2D eigenvalue weighted by molar-refractivity contribution is 0.0692. The number of rotatable bonds is 4. The number of anilines is 1. The average Bonchev–Trinajstić information content (AvgIpc) is 2.73. The molecular weight excluding hydrogens is 249 g/mol. The van der Waals surface area contributed by atoms with Crippen LogP contribution in [-0.4, -0.2) is 18.1 Å². The minimum atomic E-state index is -1.28. The highest BCUT2D eigenvalue weighted by Crippen LogP contribution is 2.24. The first-order valence-electron chi connectivity index (χ1n) is 5.77. The number of carboxylic acid groups (broad SMARTS) is 1. The average molecular weight is 263 g/mol. The summed E-state index contributed by atoms with van der Waals surface area (Å²) in [5.41, 5.74) is -0.00479. The number of benzene rings is 1. The lowest BCUT2D eigenvalue weighted by Gasteiger charge is -2.20. The second-order valence-corrected chi connectivity index (χ2v) is 4.31. The van der Waals surface area contributed by atoms with Gasteiger partial charge in [-0.15, -0.1) is 0 Å². The van der Waals surface area contributed by atoms with Crippen molar-refractivity contribution in [3.63, 3.8) is 0 Å². The van der Waals surface area contributed by atoms with Crippen LogP contribution >= 0.6 is 0 Å². The molecule has 4 nitrogen and oxygen atoms in total. The normalized spacial score (nSPS) is 10.5. The van der Waals surface area contributed by atoms with Crippen molar-refractivity contribution in [2.75, 3.05) is 11.9 Å². The number of aryl methyl sites for hydroxylation is 1. The molecular formula is C14H14FNO3. The molecule has 100 valence electrons. The summed E-state index contributed by atoms with van der Waals surface area (Å²) in [5, 5.41) is 9.08. The van der Waals surface area contributed by atoms with Gasteiger partial charge in [0, 0.05) is 7.05 Å². The zero-order valence-electron chi connectivity index (χ0n) is 10.7. The number of nitrogens with zero attached hydrogens (tertiary/aromatic N) is 1. The van der Waals surface area contributed by atoms with E-state index in [9.17, 15) is 9.18 Å². The lowest BCUT2D eigenvalue weighted by atomic mass is 10.1. The van der Waals surface area contributed by atoms with Crippen LogP contribution in [0, 0.1) is 12.7 Å². The topological polar surface area (TPSA) is 53.7 Å². The maximum absolute atomic E-state index is 13.6. The third kappa shape index (κ3) is 2.76. The summed E-state index contributed by atoms with van der Waals surface area (Å²) in [5.74, 6) is -0.551. The van der Waals surface area contributed by atoms with Gasteiger partial charge in [-0.3, -0.25) is 0 Å². The third-order valence-corrected chi connectivity index (χ3v) is 2.81. The summed E-state index contributed by atoms with van der Waals surface area (Å²) in [6, 6.07) is 7.83. The molecule has 2 aromatic rings. The largest absolute Gasteiger partial charge is 0.478 e. The smallest absolute Gasteiger partial charge is 0.340 e. The number of carbonyl (C=O) groups is 1. The van der Waals surface area contributed by atoms with Crippen LogP contribution in [0.15, 0.2) is 34.7 Å². The summed E-state index contributed by atoms with van der Waals surface area (Å²) >= 11 is 0. The Bertz CT molecular complexity index is 606. The Kier molecular flexibility index (Phi) is 3.55. The highest BCUT2D eigenvalue weighted by molar-refractivity contribution is 5.94. The second kappa shape index (κ2) is 5.14.